The minimum Gasteiger partial charge on any atom is -0.488 e. The normalized spacial score (nSPS) is 18.4. The predicted molar refractivity (Wildman–Crippen MR) is 79.7 cm³/mol. The molecule has 1 heterocycles. The van der Waals surface area contributed by atoms with Crippen LogP contribution in [-0.2, 0) is 4.79 Å². The lowest BCUT2D eigenvalue weighted by molar-refractivity contribution is -0.125. The van der Waals surface area contributed by atoms with Crippen molar-refractivity contribution in [3.63, 3.8) is 0 Å². The van der Waals surface area contributed by atoms with Gasteiger partial charge in [-0.25, -0.2) is 8.78 Å². The third-order valence-corrected chi connectivity index (χ3v) is 3.33. The molecule has 1 aliphatic rings. The summed E-state index contributed by atoms with van der Waals surface area (Å²) in [4.78, 5) is 15.6. The summed E-state index contributed by atoms with van der Waals surface area (Å²) in [5, 5.41) is 0. The number of rotatable bonds is 5. The molecule has 1 aliphatic heterocycles. The van der Waals surface area contributed by atoms with Crippen LogP contribution >= 0.6 is 0 Å². The van der Waals surface area contributed by atoms with E-state index in [1.54, 1.807) is 17.1 Å². The molecule has 0 spiro atoms. The molecule has 1 amide bonds. The van der Waals surface area contributed by atoms with Gasteiger partial charge in [0.15, 0.2) is 0 Å². The number of ether oxygens (including phenoxy) is 1. The molecule has 2 rings (SSSR count). The minimum atomic E-state index is -0.674. The van der Waals surface area contributed by atoms with Gasteiger partial charge >= 0.3 is 0 Å². The monoisotopic (exact) mass is 310 g/mol. The number of benzene rings is 1. The number of likely N-dealkylation sites (tertiary alicyclic amines) is 1. The van der Waals surface area contributed by atoms with Gasteiger partial charge in [0.05, 0.1) is 6.54 Å². The molecule has 1 unspecified atom stereocenters. The zero-order valence-electron chi connectivity index (χ0n) is 12.8. The van der Waals surface area contributed by atoms with Crippen LogP contribution in [0.4, 0.5) is 8.78 Å². The summed E-state index contributed by atoms with van der Waals surface area (Å²) in [5.41, 5.74) is 0. The lowest BCUT2D eigenvalue weighted by Gasteiger charge is -2.16. The third-order valence-electron chi connectivity index (χ3n) is 3.33. The van der Waals surface area contributed by atoms with Gasteiger partial charge in [-0.1, -0.05) is 6.08 Å². The Kier molecular flexibility index (Phi) is 5.49. The first kappa shape index (κ1) is 16.4. The lowest BCUT2D eigenvalue weighted by atomic mass is 10.3. The highest BCUT2D eigenvalue weighted by Gasteiger charge is 2.26. The predicted octanol–water partition coefficient (Wildman–Crippen LogP) is 2.06. The summed E-state index contributed by atoms with van der Waals surface area (Å²) in [7, 11) is 3.85. The SMILES string of the molecule is CN(C)C/C=C/C(=O)N1CCC(Oc2cc(F)cc(F)c2)C1. The van der Waals surface area contributed by atoms with Gasteiger partial charge in [-0.3, -0.25) is 4.79 Å². The highest BCUT2D eigenvalue weighted by atomic mass is 19.1. The van der Waals surface area contributed by atoms with Crippen LogP contribution in [0, 0.1) is 11.6 Å². The summed E-state index contributed by atoms with van der Waals surface area (Å²) in [6, 6.07) is 3.09. The van der Waals surface area contributed by atoms with E-state index in [0.29, 0.717) is 26.1 Å². The number of hydrogen-bond donors (Lipinski definition) is 0. The van der Waals surface area contributed by atoms with Crippen LogP contribution < -0.4 is 4.74 Å². The topological polar surface area (TPSA) is 32.8 Å². The van der Waals surface area contributed by atoms with Crippen molar-refractivity contribution in [2.45, 2.75) is 12.5 Å². The molecule has 1 aromatic carbocycles. The molecule has 1 aromatic rings. The number of halogens is 2. The molecule has 1 atom stereocenters. The van der Waals surface area contributed by atoms with Crippen molar-refractivity contribution in [3.05, 3.63) is 42.0 Å². The van der Waals surface area contributed by atoms with Crippen molar-refractivity contribution in [1.29, 1.82) is 0 Å². The van der Waals surface area contributed by atoms with Crippen LogP contribution in [0.15, 0.2) is 30.4 Å². The minimum absolute atomic E-state index is 0.0710. The van der Waals surface area contributed by atoms with Crippen LogP contribution in [0.5, 0.6) is 5.75 Å². The average Bonchev–Trinajstić information content (AvgIpc) is 2.85. The molecule has 0 radical (unpaired) electrons. The lowest BCUT2D eigenvalue weighted by Crippen LogP contribution is -2.29. The Morgan fingerprint density at radius 3 is 2.68 bits per heavy atom. The van der Waals surface area contributed by atoms with E-state index in [-0.39, 0.29) is 17.8 Å². The van der Waals surface area contributed by atoms with Crippen LogP contribution in [0.25, 0.3) is 0 Å². The molecule has 22 heavy (non-hydrogen) atoms. The second-order valence-corrected chi connectivity index (χ2v) is 5.58. The Bertz CT molecular complexity index is 541. The molecule has 0 bridgehead atoms. The largest absolute Gasteiger partial charge is 0.488 e. The zero-order chi connectivity index (χ0) is 16.1. The summed E-state index contributed by atoms with van der Waals surface area (Å²) < 4.78 is 31.8. The Morgan fingerprint density at radius 2 is 2.05 bits per heavy atom. The van der Waals surface area contributed by atoms with E-state index in [9.17, 15) is 13.6 Å². The van der Waals surface area contributed by atoms with E-state index < -0.39 is 11.6 Å². The Hall–Kier alpha value is -1.95. The second-order valence-electron chi connectivity index (χ2n) is 5.58. The molecule has 0 saturated carbocycles. The Labute approximate surface area is 129 Å². The standard InChI is InChI=1S/C16H20F2N2O2/c1-19(2)6-3-4-16(21)20-7-5-14(11-20)22-15-9-12(17)8-13(18)10-15/h3-4,8-10,14H,5-7,11H2,1-2H3/b4-3+. The van der Waals surface area contributed by atoms with Gasteiger partial charge in [0.25, 0.3) is 0 Å². The van der Waals surface area contributed by atoms with Gasteiger partial charge < -0.3 is 14.5 Å². The molecular weight excluding hydrogens is 290 g/mol. The summed E-state index contributed by atoms with van der Waals surface area (Å²) in [5.74, 6) is -1.27. The zero-order valence-corrected chi connectivity index (χ0v) is 12.8. The van der Waals surface area contributed by atoms with E-state index >= 15 is 0 Å². The molecule has 0 N–H and O–H groups in total. The van der Waals surface area contributed by atoms with Crippen LogP contribution in [0.3, 0.4) is 0 Å². The first-order chi connectivity index (χ1) is 10.4. The van der Waals surface area contributed by atoms with Gasteiger partial charge in [0, 0.05) is 43.8 Å². The number of amides is 1. The van der Waals surface area contributed by atoms with E-state index in [0.717, 1.165) is 18.2 Å². The highest BCUT2D eigenvalue weighted by Crippen LogP contribution is 2.21. The molecular formula is C16H20F2N2O2. The maximum atomic E-state index is 13.1. The highest BCUT2D eigenvalue weighted by molar-refractivity contribution is 5.87. The van der Waals surface area contributed by atoms with Crippen molar-refractivity contribution in [2.75, 3.05) is 33.7 Å². The fourth-order valence-corrected chi connectivity index (χ4v) is 2.28. The van der Waals surface area contributed by atoms with Crippen LogP contribution in [0.2, 0.25) is 0 Å². The first-order valence-electron chi connectivity index (χ1n) is 7.17. The maximum Gasteiger partial charge on any atom is 0.246 e. The molecule has 4 nitrogen and oxygen atoms in total. The van der Waals surface area contributed by atoms with Crippen molar-refractivity contribution < 1.29 is 18.3 Å². The Morgan fingerprint density at radius 1 is 1.36 bits per heavy atom. The number of nitrogens with zero attached hydrogens (tertiary/aromatic N) is 2. The number of hydrogen-bond acceptors (Lipinski definition) is 3. The molecule has 0 aromatic heterocycles. The van der Waals surface area contributed by atoms with Gasteiger partial charge in [-0.05, 0) is 14.1 Å². The molecule has 6 heteroatoms. The van der Waals surface area contributed by atoms with Gasteiger partial charge in [0.1, 0.15) is 23.5 Å². The van der Waals surface area contributed by atoms with E-state index in [4.69, 9.17) is 4.74 Å². The fraction of sp³-hybridized carbons (Fsp3) is 0.438. The van der Waals surface area contributed by atoms with E-state index in [2.05, 4.69) is 0 Å². The quantitative estimate of drug-likeness (QED) is 0.781. The second kappa shape index (κ2) is 7.35. The smallest absolute Gasteiger partial charge is 0.246 e. The van der Waals surface area contributed by atoms with Crippen LogP contribution in [0.1, 0.15) is 6.42 Å². The van der Waals surface area contributed by atoms with Crippen molar-refractivity contribution in [2.24, 2.45) is 0 Å². The molecule has 1 fully saturated rings. The molecule has 1 saturated heterocycles. The summed E-state index contributed by atoms with van der Waals surface area (Å²) >= 11 is 0. The summed E-state index contributed by atoms with van der Waals surface area (Å²) in [6.45, 7) is 1.69. The van der Waals surface area contributed by atoms with Gasteiger partial charge in [-0.2, -0.15) is 0 Å². The van der Waals surface area contributed by atoms with Crippen molar-refractivity contribution in [1.82, 2.24) is 9.80 Å². The van der Waals surface area contributed by atoms with Gasteiger partial charge in [-0.15, -0.1) is 0 Å². The maximum absolute atomic E-state index is 13.1. The Balaban J connectivity index is 1.87. The van der Waals surface area contributed by atoms with Crippen molar-refractivity contribution in [3.8, 4) is 5.75 Å². The summed E-state index contributed by atoms with van der Waals surface area (Å²) in [6.07, 6.45) is 3.75. The molecule has 0 aliphatic carbocycles. The van der Waals surface area contributed by atoms with Gasteiger partial charge in [0.2, 0.25) is 5.91 Å². The van der Waals surface area contributed by atoms with E-state index in [1.807, 2.05) is 19.0 Å². The van der Waals surface area contributed by atoms with E-state index in [1.165, 1.54) is 0 Å². The number of carbonyl (C=O) groups excluding carboxylic acids is 1. The first-order valence-corrected chi connectivity index (χ1v) is 7.17. The van der Waals surface area contributed by atoms with Crippen LogP contribution in [-0.4, -0.2) is 55.5 Å². The van der Waals surface area contributed by atoms with Crippen molar-refractivity contribution >= 4 is 5.91 Å². The molecule has 120 valence electrons. The number of likely N-dealkylation sites (N-methyl/N-ethyl adjacent to an activating group) is 1. The number of carbonyl (C=O) groups is 1. The fourth-order valence-electron chi connectivity index (χ4n) is 2.28. The average molecular weight is 310 g/mol. The third kappa shape index (κ3) is 4.80.